The molecule has 0 unspecified atom stereocenters. The zero-order valence-corrected chi connectivity index (χ0v) is 17.0. The molecule has 7 nitrogen and oxygen atoms in total. The molecule has 1 atom stereocenters. The Bertz CT molecular complexity index is 900. The van der Waals surface area contributed by atoms with Crippen LogP contribution in [0.15, 0.2) is 53.4 Å². The van der Waals surface area contributed by atoms with Gasteiger partial charge in [-0.15, -0.1) is 11.8 Å². The summed E-state index contributed by atoms with van der Waals surface area (Å²) >= 11 is 1.31. The summed E-state index contributed by atoms with van der Waals surface area (Å²) in [4.78, 5) is 39.1. The van der Waals surface area contributed by atoms with Crippen molar-refractivity contribution in [3.05, 3.63) is 48.5 Å². The molecule has 0 aliphatic carbocycles. The highest BCUT2D eigenvalue weighted by Gasteiger charge is 2.31. The van der Waals surface area contributed by atoms with Crippen LogP contribution in [0.5, 0.6) is 5.75 Å². The molecule has 1 aliphatic rings. The second kappa shape index (κ2) is 9.47. The van der Waals surface area contributed by atoms with Crippen molar-refractivity contribution in [1.29, 1.82) is 0 Å². The Balaban J connectivity index is 1.55. The van der Waals surface area contributed by atoms with Gasteiger partial charge in [0, 0.05) is 4.90 Å². The number of thioether (sulfide) groups is 1. The lowest BCUT2D eigenvalue weighted by atomic mass is 10.1. The molecular formula is C21H22N2O5S. The molecule has 0 bridgehead atoms. The van der Waals surface area contributed by atoms with Crippen molar-refractivity contribution in [2.45, 2.75) is 24.8 Å². The van der Waals surface area contributed by atoms with Crippen molar-refractivity contribution in [2.75, 3.05) is 29.1 Å². The van der Waals surface area contributed by atoms with Crippen LogP contribution >= 0.6 is 11.8 Å². The predicted octanol–water partition coefficient (Wildman–Crippen LogP) is 3.09. The third kappa shape index (κ3) is 5.29. The van der Waals surface area contributed by atoms with E-state index in [4.69, 9.17) is 9.47 Å². The van der Waals surface area contributed by atoms with E-state index in [0.29, 0.717) is 18.0 Å². The standard InChI is InChI=1S/C21H22N2O5S/c1-3-27-15-8-10-16(11-9-15)29-13-20(25)28-14(2)21(26)23-12-19(24)22-17-6-4-5-7-18(17)23/h4-11,14H,3,12-13H2,1-2H3,(H,22,24)/t14-/m0/s1. The van der Waals surface area contributed by atoms with Crippen LogP contribution in [-0.2, 0) is 19.1 Å². The molecule has 0 saturated carbocycles. The highest BCUT2D eigenvalue weighted by Crippen LogP contribution is 2.29. The fourth-order valence-electron chi connectivity index (χ4n) is 2.87. The van der Waals surface area contributed by atoms with Gasteiger partial charge in [0.25, 0.3) is 5.91 Å². The van der Waals surface area contributed by atoms with Crippen molar-refractivity contribution in [3.63, 3.8) is 0 Å². The minimum atomic E-state index is -0.998. The summed E-state index contributed by atoms with van der Waals surface area (Å²) in [7, 11) is 0. The summed E-state index contributed by atoms with van der Waals surface area (Å²) in [5, 5.41) is 2.72. The number of nitrogens with one attached hydrogen (secondary N) is 1. The Morgan fingerprint density at radius 1 is 1.17 bits per heavy atom. The van der Waals surface area contributed by atoms with Gasteiger partial charge in [0.1, 0.15) is 12.3 Å². The van der Waals surface area contributed by atoms with Crippen molar-refractivity contribution < 1.29 is 23.9 Å². The SMILES string of the molecule is CCOc1ccc(SCC(=O)O[C@@H](C)C(=O)N2CC(=O)Nc3ccccc32)cc1. The van der Waals surface area contributed by atoms with Gasteiger partial charge < -0.3 is 14.8 Å². The largest absolute Gasteiger partial charge is 0.494 e. The molecule has 8 heteroatoms. The highest BCUT2D eigenvalue weighted by molar-refractivity contribution is 8.00. The predicted molar refractivity (Wildman–Crippen MR) is 111 cm³/mol. The number of rotatable bonds is 7. The van der Waals surface area contributed by atoms with E-state index >= 15 is 0 Å². The normalized spacial score (nSPS) is 13.9. The topological polar surface area (TPSA) is 84.9 Å². The van der Waals surface area contributed by atoms with Crippen LogP contribution in [0.2, 0.25) is 0 Å². The summed E-state index contributed by atoms with van der Waals surface area (Å²) in [6.07, 6.45) is -0.998. The minimum absolute atomic E-state index is 0.0721. The fourth-order valence-corrected chi connectivity index (χ4v) is 3.55. The van der Waals surface area contributed by atoms with Gasteiger partial charge in [-0.2, -0.15) is 0 Å². The number of carbonyl (C=O) groups excluding carboxylic acids is 3. The number of benzene rings is 2. The van der Waals surface area contributed by atoms with Gasteiger partial charge in [-0.1, -0.05) is 12.1 Å². The van der Waals surface area contributed by atoms with Crippen molar-refractivity contribution in [3.8, 4) is 5.75 Å². The van der Waals surface area contributed by atoms with Gasteiger partial charge in [0.05, 0.1) is 23.7 Å². The summed E-state index contributed by atoms with van der Waals surface area (Å²) in [5.74, 6) is -0.389. The lowest BCUT2D eigenvalue weighted by Crippen LogP contribution is -2.47. The van der Waals surface area contributed by atoms with Crippen LogP contribution in [-0.4, -0.2) is 42.8 Å². The van der Waals surface area contributed by atoms with E-state index in [-0.39, 0.29) is 18.2 Å². The molecule has 2 aromatic carbocycles. The summed E-state index contributed by atoms with van der Waals surface area (Å²) in [5.41, 5.74) is 1.14. The van der Waals surface area contributed by atoms with Gasteiger partial charge in [0.2, 0.25) is 5.91 Å². The molecule has 0 radical (unpaired) electrons. The molecular weight excluding hydrogens is 392 g/mol. The molecule has 152 valence electrons. The van der Waals surface area contributed by atoms with E-state index in [9.17, 15) is 14.4 Å². The molecule has 2 aromatic rings. The van der Waals surface area contributed by atoms with Crippen LogP contribution in [0.1, 0.15) is 13.8 Å². The molecule has 29 heavy (non-hydrogen) atoms. The van der Waals surface area contributed by atoms with Gasteiger partial charge in [0.15, 0.2) is 6.10 Å². The molecule has 1 aliphatic heterocycles. The van der Waals surface area contributed by atoms with Gasteiger partial charge in [-0.25, -0.2) is 0 Å². The number of anilines is 2. The molecule has 0 aromatic heterocycles. The Kier molecular flexibility index (Phi) is 6.77. The first-order valence-corrected chi connectivity index (χ1v) is 10.2. The Labute approximate surface area is 173 Å². The first kappa shape index (κ1) is 20.7. The zero-order valence-electron chi connectivity index (χ0n) is 16.2. The molecule has 1 heterocycles. The average Bonchev–Trinajstić information content (AvgIpc) is 2.72. The maximum Gasteiger partial charge on any atom is 0.317 e. The number of para-hydroxylation sites is 2. The number of hydrogen-bond acceptors (Lipinski definition) is 6. The minimum Gasteiger partial charge on any atom is -0.494 e. The van der Waals surface area contributed by atoms with Crippen molar-refractivity contribution in [2.24, 2.45) is 0 Å². The van der Waals surface area contributed by atoms with Crippen LogP contribution in [0.3, 0.4) is 0 Å². The molecule has 2 amide bonds. The number of nitrogens with zero attached hydrogens (tertiary/aromatic N) is 1. The third-order valence-electron chi connectivity index (χ3n) is 4.18. The lowest BCUT2D eigenvalue weighted by molar-refractivity contribution is -0.151. The fraction of sp³-hybridized carbons (Fsp3) is 0.286. The summed E-state index contributed by atoms with van der Waals surface area (Å²) < 4.78 is 10.7. The average molecular weight is 414 g/mol. The van der Waals surface area contributed by atoms with Crippen LogP contribution in [0, 0.1) is 0 Å². The van der Waals surface area contributed by atoms with E-state index < -0.39 is 18.0 Å². The smallest absolute Gasteiger partial charge is 0.317 e. The van der Waals surface area contributed by atoms with Crippen LogP contribution in [0.4, 0.5) is 11.4 Å². The van der Waals surface area contributed by atoms with Crippen LogP contribution in [0.25, 0.3) is 0 Å². The number of hydrogen-bond donors (Lipinski definition) is 1. The summed E-state index contributed by atoms with van der Waals surface area (Å²) in [6.45, 7) is 3.90. The Morgan fingerprint density at radius 2 is 1.90 bits per heavy atom. The number of amides is 2. The Hall–Kier alpha value is -3.00. The van der Waals surface area contributed by atoms with Gasteiger partial charge in [-0.05, 0) is 50.2 Å². The quantitative estimate of drug-likeness (QED) is 0.554. The van der Waals surface area contributed by atoms with E-state index in [1.165, 1.54) is 23.6 Å². The number of carbonyl (C=O) groups is 3. The third-order valence-corrected chi connectivity index (χ3v) is 5.17. The highest BCUT2D eigenvalue weighted by atomic mass is 32.2. The number of ether oxygens (including phenoxy) is 2. The Morgan fingerprint density at radius 3 is 2.62 bits per heavy atom. The molecule has 0 saturated heterocycles. The first-order valence-electron chi connectivity index (χ1n) is 9.23. The number of esters is 1. The van der Waals surface area contributed by atoms with Gasteiger partial charge >= 0.3 is 5.97 Å². The van der Waals surface area contributed by atoms with Crippen molar-refractivity contribution >= 4 is 40.9 Å². The van der Waals surface area contributed by atoms with E-state index in [1.807, 2.05) is 31.2 Å². The molecule has 0 fully saturated rings. The van der Waals surface area contributed by atoms with E-state index in [2.05, 4.69) is 5.32 Å². The molecule has 3 rings (SSSR count). The second-order valence-electron chi connectivity index (χ2n) is 6.31. The monoisotopic (exact) mass is 414 g/mol. The number of fused-ring (bicyclic) bond motifs is 1. The van der Waals surface area contributed by atoms with E-state index in [1.54, 1.807) is 24.3 Å². The zero-order chi connectivity index (χ0) is 20.8. The second-order valence-corrected chi connectivity index (χ2v) is 7.36. The summed E-state index contributed by atoms with van der Waals surface area (Å²) in [6, 6.07) is 14.4. The first-order chi connectivity index (χ1) is 14.0. The van der Waals surface area contributed by atoms with Crippen molar-refractivity contribution in [1.82, 2.24) is 0 Å². The lowest BCUT2D eigenvalue weighted by Gasteiger charge is -2.30. The van der Waals surface area contributed by atoms with E-state index in [0.717, 1.165) is 10.6 Å². The van der Waals surface area contributed by atoms with Gasteiger partial charge in [-0.3, -0.25) is 19.3 Å². The maximum atomic E-state index is 12.8. The molecule has 0 spiro atoms. The van der Waals surface area contributed by atoms with Crippen LogP contribution < -0.4 is 15.0 Å². The maximum absolute atomic E-state index is 12.8. The molecule has 1 N–H and O–H groups in total.